The van der Waals surface area contributed by atoms with Crippen molar-refractivity contribution in [3.05, 3.63) is 74.8 Å². The molecular formula is C16H11Br2NO. The molecule has 3 rings (SSSR count). The van der Waals surface area contributed by atoms with E-state index in [-0.39, 0.29) is 0 Å². The molecule has 1 heterocycles. The Hall–Kier alpha value is -1.23. The largest absolute Gasteiger partial charge is 0.384 e. The Kier molecular flexibility index (Phi) is 3.87. The Morgan fingerprint density at radius 1 is 0.950 bits per heavy atom. The summed E-state index contributed by atoms with van der Waals surface area (Å²) in [7, 11) is 0. The fraction of sp³-hybridized carbons (Fsp3) is 0.0625. The van der Waals surface area contributed by atoms with Crippen LogP contribution in [0.5, 0.6) is 0 Å². The van der Waals surface area contributed by atoms with E-state index in [2.05, 4.69) is 36.8 Å². The van der Waals surface area contributed by atoms with Crippen molar-refractivity contribution < 1.29 is 5.11 Å². The van der Waals surface area contributed by atoms with E-state index in [4.69, 9.17) is 0 Å². The Morgan fingerprint density at radius 3 is 2.60 bits per heavy atom. The second kappa shape index (κ2) is 5.64. The molecule has 2 nitrogen and oxygen atoms in total. The number of para-hydroxylation sites is 1. The van der Waals surface area contributed by atoms with Gasteiger partial charge in [-0.1, -0.05) is 56.1 Å². The van der Waals surface area contributed by atoms with Crippen LogP contribution in [0.25, 0.3) is 10.9 Å². The van der Waals surface area contributed by atoms with Crippen LogP contribution in [0.15, 0.2) is 63.7 Å². The summed E-state index contributed by atoms with van der Waals surface area (Å²) in [6.07, 6.45) is 1.02. The number of aliphatic hydroxyl groups is 1. The van der Waals surface area contributed by atoms with Crippen molar-refractivity contribution in [2.75, 3.05) is 0 Å². The zero-order chi connectivity index (χ0) is 14.1. The number of hydrogen-bond donors (Lipinski definition) is 1. The quantitative estimate of drug-likeness (QED) is 0.676. The highest BCUT2D eigenvalue weighted by Gasteiger charge is 2.17. The van der Waals surface area contributed by atoms with E-state index in [0.29, 0.717) is 0 Å². The number of hydrogen-bond acceptors (Lipinski definition) is 2. The number of aromatic nitrogens is 1. The van der Waals surface area contributed by atoms with Crippen LogP contribution in [0.1, 0.15) is 17.2 Å². The molecule has 3 aromatic rings. The third-order valence-corrected chi connectivity index (χ3v) is 4.43. The average molecular weight is 393 g/mol. The standard InChI is InChI=1S/C16H11Br2NO/c17-11-6-7-14(18)13(9-11)16(20)12-5-1-3-10-4-2-8-19-15(10)12/h1-9,16,20H. The molecule has 4 heteroatoms. The molecular weight excluding hydrogens is 382 g/mol. The summed E-state index contributed by atoms with van der Waals surface area (Å²) in [6.45, 7) is 0. The van der Waals surface area contributed by atoms with E-state index in [0.717, 1.165) is 31.0 Å². The molecule has 0 bridgehead atoms. The van der Waals surface area contributed by atoms with Gasteiger partial charge in [0.15, 0.2) is 0 Å². The zero-order valence-corrected chi connectivity index (χ0v) is 13.6. The molecule has 20 heavy (non-hydrogen) atoms. The minimum atomic E-state index is -0.722. The molecule has 0 saturated carbocycles. The average Bonchev–Trinajstić information content (AvgIpc) is 2.48. The number of aliphatic hydroxyl groups excluding tert-OH is 1. The summed E-state index contributed by atoms with van der Waals surface area (Å²) in [5.41, 5.74) is 2.45. The molecule has 0 spiro atoms. The number of rotatable bonds is 2. The molecule has 1 N–H and O–H groups in total. The normalized spacial score (nSPS) is 12.6. The first kappa shape index (κ1) is 13.7. The van der Waals surface area contributed by atoms with Crippen LogP contribution in [0.4, 0.5) is 0 Å². The second-order valence-corrected chi connectivity index (χ2v) is 6.26. The van der Waals surface area contributed by atoms with Gasteiger partial charge in [0.2, 0.25) is 0 Å². The summed E-state index contributed by atoms with van der Waals surface area (Å²) in [6, 6.07) is 15.5. The Balaban J connectivity index is 2.17. The predicted molar refractivity (Wildman–Crippen MR) is 87.6 cm³/mol. The van der Waals surface area contributed by atoms with Gasteiger partial charge in [-0.25, -0.2) is 0 Å². The summed E-state index contributed by atoms with van der Waals surface area (Å²) in [5, 5.41) is 11.7. The van der Waals surface area contributed by atoms with Crippen molar-refractivity contribution in [1.82, 2.24) is 4.98 Å². The first-order valence-electron chi connectivity index (χ1n) is 6.13. The molecule has 0 aliphatic carbocycles. The molecule has 0 aliphatic rings. The molecule has 0 saturated heterocycles. The monoisotopic (exact) mass is 391 g/mol. The maximum absolute atomic E-state index is 10.7. The lowest BCUT2D eigenvalue weighted by Gasteiger charge is -2.15. The third kappa shape index (κ3) is 2.51. The van der Waals surface area contributed by atoms with Crippen LogP contribution in [0, 0.1) is 0 Å². The van der Waals surface area contributed by atoms with Gasteiger partial charge in [-0.3, -0.25) is 4.98 Å². The molecule has 1 atom stereocenters. The number of halogens is 2. The second-order valence-electron chi connectivity index (χ2n) is 4.49. The topological polar surface area (TPSA) is 33.1 Å². The van der Waals surface area contributed by atoms with E-state index in [9.17, 15) is 5.11 Å². The molecule has 100 valence electrons. The number of pyridine rings is 1. The summed E-state index contributed by atoms with van der Waals surface area (Å²) >= 11 is 6.93. The van der Waals surface area contributed by atoms with Gasteiger partial charge >= 0.3 is 0 Å². The van der Waals surface area contributed by atoms with Crippen molar-refractivity contribution in [1.29, 1.82) is 0 Å². The summed E-state index contributed by atoms with van der Waals surface area (Å²) < 4.78 is 1.81. The fourth-order valence-corrected chi connectivity index (χ4v) is 3.08. The van der Waals surface area contributed by atoms with E-state index in [1.54, 1.807) is 6.20 Å². The number of fused-ring (bicyclic) bond motifs is 1. The van der Waals surface area contributed by atoms with Crippen molar-refractivity contribution in [2.24, 2.45) is 0 Å². The molecule has 0 radical (unpaired) electrons. The van der Waals surface area contributed by atoms with Crippen LogP contribution in [0.3, 0.4) is 0 Å². The molecule has 0 aliphatic heterocycles. The van der Waals surface area contributed by atoms with Gasteiger partial charge < -0.3 is 5.11 Å². The van der Waals surface area contributed by atoms with Gasteiger partial charge in [0, 0.05) is 31.7 Å². The zero-order valence-electron chi connectivity index (χ0n) is 10.4. The van der Waals surface area contributed by atoms with Gasteiger partial charge in [-0.05, 0) is 24.3 Å². The van der Waals surface area contributed by atoms with Gasteiger partial charge in [0.1, 0.15) is 6.10 Å². The van der Waals surface area contributed by atoms with Crippen molar-refractivity contribution >= 4 is 42.8 Å². The molecule has 1 unspecified atom stereocenters. The maximum Gasteiger partial charge on any atom is 0.107 e. The maximum atomic E-state index is 10.7. The predicted octanol–water partition coefficient (Wildman–Crippen LogP) is 4.84. The lowest BCUT2D eigenvalue weighted by molar-refractivity contribution is 0.221. The number of benzene rings is 2. The van der Waals surface area contributed by atoms with Crippen LogP contribution < -0.4 is 0 Å². The minimum Gasteiger partial charge on any atom is -0.384 e. The van der Waals surface area contributed by atoms with Crippen LogP contribution >= 0.6 is 31.9 Å². The minimum absolute atomic E-state index is 0.722. The first-order valence-corrected chi connectivity index (χ1v) is 7.72. The summed E-state index contributed by atoms with van der Waals surface area (Å²) in [5.74, 6) is 0. The van der Waals surface area contributed by atoms with Crippen LogP contribution in [0.2, 0.25) is 0 Å². The van der Waals surface area contributed by atoms with Crippen molar-refractivity contribution in [2.45, 2.75) is 6.10 Å². The van der Waals surface area contributed by atoms with E-state index >= 15 is 0 Å². The molecule has 2 aromatic carbocycles. The Labute approximate surface area is 133 Å². The van der Waals surface area contributed by atoms with Crippen LogP contribution in [-0.4, -0.2) is 10.1 Å². The van der Waals surface area contributed by atoms with Crippen molar-refractivity contribution in [3.8, 4) is 0 Å². The van der Waals surface area contributed by atoms with E-state index in [1.165, 1.54) is 0 Å². The Morgan fingerprint density at radius 2 is 1.75 bits per heavy atom. The SMILES string of the molecule is OC(c1cc(Br)ccc1Br)c1cccc2cccnc12. The number of nitrogens with zero attached hydrogens (tertiary/aromatic N) is 1. The smallest absolute Gasteiger partial charge is 0.107 e. The van der Waals surface area contributed by atoms with Gasteiger partial charge in [0.25, 0.3) is 0 Å². The highest BCUT2D eigenvalue weighted by Crippen LogP contribution is 2.33. The summed E-state index contributed by atoms with van der Waals surface area (Å²) in [4.78, 5) is 4.39. The third-order valence-electron chi connectivity index (χ3n) is 3.21. The Bertz CT molecular complexity index is 768. The molecule has 0 fully saturated rings. The van der Waals surface area contributed by atoms with Gasteiger partial charge in [0.05, 0.1) is 5.52 Å². The highest BCUT2D eigenvalue weighted by atomic mass is 79.9. The van der Waals surface area contributed by atoms with E-state index in [1.807, 2.05) is 48.5 Å². The van der Waals surface area contributed by atoms with Gasteiger partial charge in [-0.2, -0.15) is 0 Å². The highest BCUT2D eigenvalue weighted by molar-refractivity contribution is 9.11. The van der Waals surface area contributed by atoms with Gasteiger partial charge in [-0.15, -0.1) is 0 Å². The lowest BCUT2D eigenvalue weighted by Crippen LogP contribution is -2.02. The fourth-order valence-electron chi connectivity index (χ4n) is 2.24. The van der Waals surface area contributed by atoms with Crippen LogP contribution in [-0.2, 0) is 0 Å². The first-order chi connectivity index (χ1) is 9.66. The molecule has 1 aromatic heterocycles. The molecule has 0 amide bonds. The lowest BCUT2D eigenvalue weighted by atomic mass is 9.99. The van der Waals surface area contributed by atoms with Crippen molar-refractivity contribution in [3.63, 3.8) is 0 Å². The van der Waals surface area contributed by atoms with E-state index < -0.39 is 6.10 Å².